The lowest BCUT2D eigenvalue weighted by Gasteiger charge is -2.31. The molecular weight excluding hydrogens is 388 g/mol. The van der Waals surface area contributed by atoms with Gasteiger partial charge in [0.05, 0.1) is 0 Å². The molecule has 0 bridgehead atoms. The van der Waals surface area contributed by atoms with Crippen LogP contribution in [0.3, 0.4) is 0 Å². The number of benzene rings is 3. The molecule has 6 heteroatoms. The van der Waals surface area contributed by atoms with Gasteiger partial charge in [-0.3, -0.25) is 9.59 Å². The van der Waals surface area contributed by atoms with Gasteiger partial charge in [0.1, 0.15) is 0 Å². The topological polar surface area (TPSA) is 66.7 Å². The summed E-state index contributed by atoms with van der Waals surface area (Å²) < 4.78 is 1.96. The third kappa shape index (κ3) is 3.28. The smallest absolute Gasteiger partial charge is 0.275 e. The van der Waals surface area contributed by atoms with E-state index in [0.29, 0.717) is 11.4 Å². The summed E-state index contributed by atoms with van der Waals surface area (Å²) in [6, 6.07) is 25.2. The van der Waals surface area contributed by atoms with Crippen LogP contribution in [-0.2, 0) is 11.8 Å². The van der Waals surface area contributed by atoms with E-state index < -0.39 is 6.04 Å². The summed E-state index contributed by atoms with van der Waals surface area (Å²) >= 11 is 0. The molecule has 2 heterocycles. The molecule has 0 radical (unpaired) electrons. The van der Waals surface area contributed by atoms with Crippen molar-refractivity contribution in [2.45, 2.75) is 6.04 Å². The second-order valence-electron chi connectivity index (χ2n) is 7.43. The number of nitrogens with one attached hydrogen (secondary N) is 1. The predicted molar refractivity (Wildman–Crippen MR) is 119 cm³/mol. The fraction of sp³-hybridized carbons (Fsp3) is 0.0800. The minimum Gasteiger partial charge on any atom is -0.350 e. The van der Waals surface area contributed by atoms with E-state index in [4.69, 9.17) is 0 Å². The number of aryl methyl sites for hydroxylation is 1. The summed E-state index contributed by atoms with van der Waals surface area (Å²) in [5, 5.41) is 9.73. The minimum atomic E-state index is -0.883. The molecule has 2 amide bonds. The van der Waals surface area contributed by atoms with Crippen molar-refractivity contribution in [2.75, 3.05) is 0 Å². The molecule has 152 valence electrons. The quantitative estimate of drug-likeness (QED) is 0.560. The van der Waals surface area contributed by atoms with Crippen LogP contribution in [0.4, 0.5) is 0 Å². The van der Waals surface area contributed by atoms with Gasteiger partial charge in [0, 0.05) is 40.8 Å². The van der Waals surface area contributed by atoms with Crippen molar-refractivity contribution in [3.8, 4) is 0 Å². The molecular formula is C25H20N4O2. The van der Waals surface area contributed by atoms with Gasteiger partial charge in [-0.25, -0.2) is 5.01 Å². The van der Waals surface area contributed by atoms with E-state index in [0.717, 1.165) is 22.0 Å². The van der Waals surface area contributed by atoms with E-state index in [1.54, 1.807) is 24.3 Å². The first-order valence-electron chi connectivity index (χ1n) is 10.0. The number of hydrogen-bond donors (Lipinski definition) is 1. The Kier molecular flexibility index (Phi) is 4.59. The van der Waals surface area contributed by atoms with Gasteiger partial charge in [-0.2, -0.15) is 0 Å². The molecule has 0 fully saturated rings. The van der Waals surface area contributed by atoms with Crippen molar-refractivity contribution in [1.82, 2.24) is 14.9 Å². The van der Waals surface area contributed by atoms with Crippen LogP contribution in [0.15, 0.2) is 96.2 Å². The second-order valence-corrected chi connectivity index (χ2v) is 7.43. The van der Waals surface area contributed by atoms with Gasteiger partial charge >= 0.3 is 0 Å². The Morgan fingerprint density at radius 1 is 0.903 bits per heavy atom. The molecule has 1 N–H and O–H groups in total. The zero-order chi connectivity index (χ0) is 21.4. The van der Waals surface area contributed by atoms with Crippen molar-refractivity contribution in [3.05, 3.63) is 108 Å². The Labute approximate surface area is 179 Å². The Morgan fingerprint density at radius 3 is 2.29 bits per heavy atom. The van der Waals surface area contributed by atoms with Crippen LogP contribution in [-0.4, -0.2) is 27.2 Å². The van der Waals surface area contributed by atoms with E-state index >= 15 is 0 Å². The fourth-order valence-corrected chi connectivity index (χ4v) is 3.95. The molecule has 1 aliphatic rings. The lowest BCUT2D eigenvalue weighted by molar-refractivity contribution is -0.125. The highest BCUT2D eigenvalue weighted by Crippen LogP contribution is 2.33. The molecule has 4 aromatic rings. The molecule has 1 aromatic heterocycles. The van der Waals surface area contributed by atoms with Crippen LogP contribution in [0.2, 0.25) is 0 Å². The van der Waals surface area contributed by atoms with Crippen LogP contribution in [0.5, 0.6) is 0 Å². The molecule has 1 atom stereocenters. The van der Waals surface area contributed by atoms with Crippen molar-refractivity contribution in [2.24, 2.45) is 12.1 Å². The standard InChI is InChI=1S/C25H20N4O2/c1-28-16-20(19-14-8-9-15-21(19)28)22-24(30)26-23(17-10-4-2-5-11-17)27-29(22)25(31)18-12-6-3-7-13-18/h2-16,22H,1H3,(H,26,27,30). The van der Waals surface area contributed by atoms with Crippen LogP contribution in [0.1, 0.15) is 27.5 Å². The summed E-state index contributed by atoms with van der Waals surface area (Å²) in [5.41, 5.74) is 2.92. The molecule has 31 heavy (non-hydrogen) atoms. The zero-order valence-electron chi connectivity index (χ0n) is 16.9. The number of carbonyl (C=O) groups is 2. The number of aromatic nitrogens is 1. The third-order valence-electron chi connectivity index (χ3n) is 5.44. The predicted octanol–water partition coefficient (Wildman–Crippen LogP) is 3.85. The number of nitrogens with zero attached hydrogens (tertiary/aromatic N) is 3. The van der Waals surface area contributed by atoms with Gasteiger partial charge in [0.15, 0.2) is 11.9 Å². The van der Waals surface area contributed by atoms with E-state index in [2.05, 4.69) is 10.4 Å². The molecule has 0 spiro atoms. The van der Waals surface area contributed by atoms with Gasteiger partial charge in [0.2, 0.25) is 0 Å². The molecule has 0 aliphatic carbocycles. The molecule has 1 aliphatic heterocycles. The van der Waals surface area contributed by atoms with E-state index in [9.17, 15) is 9.59 Å². The first kappa shape index (κ1) is 18.8. The number of amidine groups is 1. The second kappa shape index (κ2) is 7.57. The number of rotatable bonds is 3. The van der Waals surface area contributed by atoms with Crippen molar-refractivity contribution in [3.63, 3.8) is 0 Å². The maximum Gasteiger partial charge on any atom is 0.275 e. The first-order chi connectivity index (χ1) is 15.1. The van der Waals surface area contributed by atoms with E-state index in [1.807, 2.05) is 78.5 Å². The number of hydrogen-bond acceptors (Lipinski definition) is 3. The Bertz CT molecular complexity index is 1310. The average Bonchev–Trinajstić information content (AvgIpc) is 3.15. The zero-order valence-corrected chi connectivity index (χ0v) is 16.9. The number of fused-ring (bicyclic) bond motifs is 1. The molecule has 0 saturated heterocycles. The largest absolute Gasteiger partial charge is 0.350 e. The monoisotopic (exact) mass is 408 g/mol. The maximum atomic E-state index is 13.5. The fourth-order valence-electron chi connectivity index (χ4n) is 3.95. The SMILES string of the molecule is Cn1cc(C2C(=O)NC(c3ccccc3)=NN2C(=O)c2ccccc2)c2ccccc21. The molecule has 0 saturated carbocycles. The van der Waals surface area contributed by atoms with Gasteiger partial charge in [-0.15, -0.1) is 5.10 Å². The summed E-state index contributed by atoms with van der Waals surface area (Å²) in [6.45, 7) is 0. The van der Waals surface area contributed by atoms with Gasteiger partial charge in [-0.05, 0) is 18.2 Å². The van der Waals surface area contributed by atoms with Crippen molar-refractivity contribution < 1.29 is 9.59 Å². The number of carbonyl (C=O) groups excluding carboxylic acids is 2. The lowest BCUT2D eigenvalue weighted by Crippen LogP contribution is -2.49. The van der Waals surface area contributed by atoms with E-state index in [-0.39, 0.29) is 11.8 Å². The minimum absolute atomic E-state index is 0.297. The number of para-hydroxylation sites is 1. The van der Waals surface area contributed by atoms with Crippen LogP contribution in [0, 0.1) is 0 Å². The summed E-state index contributed by atoms with van der Waals surface area (Å²) in [4.78, 5) is 26.9. The Morgan fingerprint density at radius 2 is 1.55 bits per heavy atom. The van der Waals surface area contributed by atoms with Gasteiger partial charge in [0.25, 0.3) is 11.8 Å². The Hall–Kier alpha value is -4.19. The first-order valence-corrected chi connectivity index (χ1v) is 10.0. The highest BCUT2D eigenvalue weighted by atomic mass is 16.2. The normalized spacial score (nSPS) is 16.2. The number of hydrazone groups is 1. The van der Waals surface area contributed by atoms with Crippen LogP contribution >= 0.6 is 0 Å². The highest BCUT2D eigenvalue weighted by Gasteiger charge is 2.38. The molecule has 5 rings (SSSR count). The van der Waals surface area contributed by atoms with Gasteiger partial charge in [-0.1, -0.05) is 66.7 Å². The van der Waals surface area contributed by atoms with Crippen molar-refractivity contribution >= 4 is 28.6 Å². The van der Waals surface area contributed by atoms with Crippen LogP contribution < -0.4 is 5.32 Å². The van der Waals surface area contributed by atoms with Crippen LogP contribution in [0.25, 0.3) is 10.9 Å². The van der Waals surface area contributed by atoms with E-state index in [1.165, 1.54) is 5.01 Å². The van der Waals surface area contributed by atoms with Gasteiger partial charge < -0.3 is 9.88 Å². The summed E-state index contributed by atoms with van der Waals surface area (Å²) in [7, 11) is 1.93. The molecule has 1 unspecified atom stereocenters. The lowest BCUT2D eigenvalue weighted by atomic mass is 10.0. The maximum absolute atomic E-state index is 13.5. The average molecular weight is 408 g/mol. The summed E-state index contributed by atoms with van der Waals surface area (Å²) in [6.07, 6.45) is 1.89. The third-order valence-corrected chi connectivity index (χ3v) is 5.44. The molecule has 3 aromatic carbocycles. The Balaban J connectivity index is 1.68. The number of amides is 2. The highest BCUT2D eigenvalue weighted by molar-refractivity contribution is 6.13. The molecule has 6 nitrogen and oxygen atoms in total. The summed E-state index contributed by atoms with van der Waals surface area (Å²) in [5.74, 6) is -0.275. The van der Waals surface area contributed by atoms with Crippen molar-refractivity contribution in [1.29, 1.82) is 0 Å².